The van der Waals surface area contributed by atoms with Gasteiger partial charge in [-0.15, -0.1) is 5.10 Å². The molecule has 0 atom stereocenters. The van der Waals surface area contributed by atoms with Crippen molar-refractivity contribution in [3.05, 3.63) is 87.1 Å². The summed E-state index contributed by atoms with van der Waals surface area (Å²) in [5.41, 5.74) is 1.98. The molecule has 1 N–H and O–H groups in total. The Bertz CT molecular complexity index is 2010. The van der Waals surface area contributed by atoms with E-state index in [0.29, 0.717) is 73.2 Å². The van der Waals surface area contributed by atoms with Crippen LogP contribution in [0.15, 0.2) is 60.7 Å². The van der Waals surface area contributed by atoms with E-state index in [0.717, 1.165) is 0 Å². The lowest BCUT2D eigenvalue weighted by Gasteiger charge is -2.36. The second kappa shape index (κ2) is 13.1. The Kier molecular flexibility index (Phi) is 8.94. The van der Waals surface area contributed by atoms with Crippen LogP contribution in [0.4, 0.5) is 22.7 Å². The van der Waals surface area contributed by atoms with Crippen LogP contribution in [0.5, 0.6) is 5.75 Å². The fraction of sp³-hybridized carbons (Fsp3) is 0.290. The number of methoxy groups -OCH3 is 1. The van der Waals surface area contributed by atoms with Crippen LogP contribution < -0.4 is 19.3 Å². The molecule has 0 saturated carbocycles. The summed E-state index contributed by atoms with van der Waals surface area (Å²) >= 11 is 6.53. The van der Waals surface area contributed by atoms with Gasteiger partial charge in [-0.1, -0.05) is 28.9 Å². The number of sulfonamides is 1. The third kappa shape index (κ3) is 6.23. The van der Waals surface area contributed by atoms with Gasteiger partial charge in [0.1, 0.15) is 17.1 Å². The summed E-state index contributed by atoms with van der Waals surface area (Å²) in [6.07, 6.45) is 0.519. The highest BCUT2D eigenvalue weighted by Crippen LogP contribution is 2.38. The molecule has 48 heavy (non-hydrogen) atoms. The number of benzene rings is 3. The molecule has 0 spiro atoms. The second-order valence-corrected chi connectivity index (χ2v) is 13.6. The minimum Gasteiger partial charge on any atom is -0.496 e. The van der Waals surface area contributed by atoms with Crippen molar-refractivity contribution >= 4 is 56.2 Å². The molecule has 2 aliphatic rings. The Morgan fingerprint density at radius 2 is 1.73 bits per heavy atom. The number of carbonyl (C=O) groups excluding carboxylic acids is 2. The highest BCUT2D eigenvalue weighted by Gasteiger charge is 2.31. The number of rotatable bonds is 8. The smallest absolute Gasteiger partial charge is 0.294 e. The third-order valence-electron chi connectivity index (χ3n) is 8.33. The average Bonchev–Trinajstić information content (AvgIpc) is 3.65. The number of hydrogen-bond donors (Lipinski definition) is 1. The number of para-hydroxylation sites is 1. The van der Waals surface area contributed by atoms with Gasteiger partial charge in [-0.2, -0.15) is 0 Å². The Hall–Kier alpha value is -5.22. The Balaban J connectivity index is 1.18. The zero-order valence-corrected chi connectivity index (χ0v) is 27.6. The fourth-order valence-corrected chi connectivity index (χ4v) is 7.71. The largest absolute Gasteiger partial charge is 0.496 e. The molecule has 1 aromatic heterocycles. The fourth-order valence-electron chi connectivity index (χ4n) is 5.87. The molecule has 0 radical (unpaired) electrons. The van der Waals surface area contributed by atoms with Crippen molar-refractivity contribution in [2.24, 2.45) is 7.05 Å². The molecule has 4 aromatic rings. The van der Waals surface area contributed by atoms with Crippen LogP contribution in [-0.4, -0.2) is 90.6 Å². The topological polar surface area (TPSA) is 173 Å². The quantitative estimate of drug-likeness (QED) is 0.211. The number of piperazine rings is 1. The molecule has 0 bridgehead atoms. The van der Waals surface area contributed by atoms with E-state index in [9.17, 15) is 28.1 Å². The molecule has 2 fully saturated rings. The minimum absolute atomic E-state index is 0.0588. The highest BCUT2D eigenvalue weighted by atomic mass is 35.5. The Morgan fingerprint density at radius 1 is 1.02 bits per heavy atom. The van der Waals surface area contributed by atoms with Crippen molar-refractivity contribution in [1.29, 1.82) is 0 Å². The van der Waals surface area contributed by atoms with Gasteiger partial charge >= 0.3 is 0 Å². The first-order valence-electron chi connectivity index (χ1n) is 15.0. The Labute approximate surface area is 280 Å². The number of nitrogens with one attached hydrogen (secondary N) is 1. The van der Waals surface area contributed by atoms with E-state index in [1.54, 1.807) is 31.2 Å². The normalized spacial score (nSPS) is 15.8. The molecular weight excluding hydrogens is 664 g/mol. The maximum absolute atomic E-state index is 13.7. The van der Waals surface area contributed by atoms with Gasteiger partial charge in [-0.05, 0) is 48.9 Å². The van der Waals surface area contributed by atoms with E-state index >= 15 is 0 Å². The summed E-state index contributed by atoms with van der Waals surface area (Å²) < 4.78 is 32.7. The number of amides is 2. The number of aromatic nitrogens is 3. The van der Waals surface area contributed by atoms with Crippen LogP contribution in [0.1, 0.15) is 27.3 Å². The van der Waals surface area contributed by atoms with Crippen LogP contribution in [0.2, 0.25) is 5.02 Å². The molecule has 15 nitrogen and oxygen atoms in total. The number of hydrogen-bond acceptors (Lipinski definition) is 10. The van der Waals surface area contributed by atoms with E-state index in [1.807, 2.05) is 17.0 Å². The molecular formula is C31H31ClN8O7S. The van der Waals surface area contributed by atoms with Crippen LogP contribution >= 0.6 is 11.6 Å². The van der Waals surface area contributed by atoms with Gasteiger partial charge in [-0.25, -0.2) is 13.1 Å². The zero-order chi connectivity index (χ0) is 34.2. The third-order valence-corrected chi connectivity index (χ3v) is 10.5. The van der Waals surface area contributed by atoms with Crippen LogP contribution in [0, 0.1) is 10.1 Å². The van der Waals surface area contributed by atoms with E-state index in [4.69, 9.17) is 16.3 Å². The summed E-state index contributed by atoms with van der Waals surface area (Å²) in [7, 11) is -0.199. The summed E-state index contributed by atoms with van der Waals surface area (Å²) in [4.78, 5) is 41.7. The molecule has 3 aromatic carbocycles. The van der Waals surface area contributed by atoms with Gasteiger partial charge in [-0.3, -0.25) is 24.0 Å². The van der Waals surface area contributed by atoms with Gasteiger partial charge < -0.3 is 19.9 Å². The zero-order valence-electron chi connectivity index (χ0n) is 26.0. The summed E-state index contributed by atoms with van der Waals surface area (Å²) in [6.45, 7) is 1.69. The number of nitro groups is 1. The van der Waals surface area contributed by atoms with Gasteiger partial charge in [0.25, 0.3) is 17.5 Å². The lowest BCUT2D eigenvalue weighted by Crippen LogP contribution is -2.49. The molecule has 2 amide bonds. The second-order valence-electron chi connectivity index (χ2n) is 11.2. The molecule has 6 rings (SSSR count). The average molecular weight is 695 g/mol. The van der Waals surface area contributed by atoms with Crippen molar-refractivity contribution in [3.63, 3.8) is 0 Å². The lowest BCUT2D eigenvalue weighted by molar-refractivity contribution is -0.383. The minimum atomic E-state index is -3.39. The molecule has 2 aliphatic heterocycles. The first-order chi connectivity index (χ1) is 23.0. The van der Waals surface area contributed by atoms with Gasteiger partial charge in [0.2, 0.25) is 10.0 Å². The van der Waals surface area contributed by atoms with E-state index in [-0.39, 0.29) is 27.9 Å². The molecule has 17 heteroatoms. The standard InChI is InChI=1S/C31H31ClN8O7S/c1-36-29(28(34-35-36)22-6-3-4-7-27(22)47-2)31(42)38-15-13-37(14-16-38)25-19-24(26(40(43)44)18-23(25)32)33-30(41)20-8-10-21(11-9-20)39-12-5-17-48(39,45)46/h3-4,6-11,18-19H,5,12-17H2,1-2H3,(H,33,41). The van der Waals surface area contributed by atoms with Crippen molar-refractivity contribution in [2.45, 2.75) is 6.42 Å². The van der Waals surface area contributed by atoms with Crippen molar-refractivity contribution < 1.29 is 27.7 Å². The lowest BCUT2D eigenvalue weighted by atomic mass is 10.1. The van der Waals surface area contributed by atoms with Gasteiger partial charge in [0, 0.05) is 57.0 Å². The van der Waals surface area contributed by atoms with Crippen LogP contribution in [0.3, 0.4) is 0 Å². The van der Waals surface area contributed by atoms with E-state index in [1.165, 1.54) is 45.4 Å². The van der Waals surface area contributed by atoms with Crippen LogP contribution in [-0.2, 0) is 17.1 Å². The van der Waals surface area contributed by atoms with E-state index < -0.39 is 26.5 Å². The van der Waals surface area contributed by atoms with Crippen molar-refractivity contribution in [2.75, 3.05) is 60.1 Å². The SMILES string of the molecule is COc1ccccc1-c1nnn(C)c1C(=O)N1CCN(c2cc(NC(=O)c3ccc(N4CCCS4(=O)=O)cc3)c([N+](=O)[O-])cc2Cl)CC1. The maximum Gasteiger partial charge on any atom is 0.294 e. The molecule has 2 saturated heterocycles. The van der Waals surface area contributed by atoms with Crippen molar-refractivity contribution in [3.8, 4) is 17.0 Å². The molecule has 0 unspecified atom stereocenters. The first-order valence-corrected chi connectivity index (χ1v) is 16.9. The summed E-state index contributed by atoms with van der Waals surface area (Å²) in [6, 6.07) is 15.9. The maximum atomic E-state index is 13.7. The predicted molar refractivity (Wildman–Crippen MR) is 179 cm³/mol. The van der Waals surface area contributed by atoms with Crippen molar-refractivity contribution in [1.82, 2.24) is 19.9 Å². The predicted octanol–water partition coefficient (Wildman–Crippen LogP) is 3.81. The van der Waals surface area contributed by atoms with Gasteiger partial charge in [0.05, 0.1) is 34.2 Å². The number of nitrogens with zero attached hydrogens (tertiary/aromatic N) is 7. The number of anilines is 3. The molecule has 3 heterocycles. The summed E-state index contributed by atoms with van der Waals surface area (Å²) in [5.74, 6) is -0.259. The summed E-state index contributed by atoms with van der Waals surface area (Å²) in [5, 5.41) is 23.0. The number of nitro benzene ring substituents is 1. The molecule has 250 valence electrons. The number of halogens is 1. The monoisotopic (exact) mass is 694 g/mol. The van der Waals surface area contributed by atoms with Crippen LogP contribution in [0.25, 0.3) is 11.3 Å². The highest BCUT2D eigenvalue weighted by molar-refractivity contribution is 7.93. The number of aryl methyl sites for hydroxylation is 1. The van der Waals surface area contributed by atoms with Gasteiger partial charge in [0.15, 0.2) is 5.69 Å². The molecule has 0 aliphatic carbocycles. The number of carbonyl (C=O) groups is 2. The number of ether oxygens (including phenoxy) is 1. The first kappa shape index (κ1) is 32.7. The Morgan fingerprint density at radius 3 is 2.38 bits per heavy atom. The van der Waals surface area contributed by atoms with E-state index in [2.05, 4.69) is 15.6 Å².